The Labute approximate surface area is 151 Å². The molecule has 0 atom stereocenters. The maximum atomic E-state index is 4.58. The van der Waals surface area contributed by atoms with Crippen molar-refractivity contribution in [3.63, 3.8) is 0 Å². The summed E-state index contributed by atoms with van der Waals surface area (Å²) in [7, 11) is 1.89. The number of anilines is 1. The van der Waals surface area contributed by atoms with E-state index in [2.05, 4.69) is 37.6 Å². The molecule has 0 radical (unpaired) electrons. The van der Waals surface area contributed by atoms with Crippen molar-refractivity contribution in [1.82, 2.24) is 29.5 Å². The second-order valence-corrected chi connectivity index (χ2v) is 5.99. The number of nitrogens with one attached hydrogen (secondary N) is 1. The zero-order chi connectivity index (χ0) is 17.8. The zero-order valence-corrected chi connectivity index (χ0v) is 14.4. The van der Waals surface area contributed by atoms with E-state index in [1.165, 1.54) is 11.1 Å². The van der Waals surface area contributed by atoms with Gasteiger partial charge in [-0.2, -0.15) is 10.2 Å². The van der Waals surface area contributed by atoms with Crippen molar-refractivity contribution in [2.24, 2.45) is 7.05 Å². The van der Waals surface area contributed by atoms with Crippen molar-refractivity contribution >= 4 is 5.95 Å². The highest BCUT2D eigenvalue weighted by Gasteiger charge is 2.06. The maximum Gasteiger partial charge on any atom is 0.223 e. The van der Waals surface area contributed by atoms with Gasteiger partial charge in [0, 0.05) is 43.9 Å². The van der Waals surface area contributed by atoms with Crippen LogP contribution in [0.1, 0.15) is 11.1 Å². The summed E-state index contributed by atoms with van der Waals surface area (Å²) < 4.78 is 3.68. The van der Waals surface area contributed by atoms with E-state index >= 15 is 0 Å². The smallest absolute Gasteiger partial charge is 0.223 e. The number of aryl methyl sites for hydroxylation is 1. The fourth-order valence-electron chi connectivity index (χ4n) is 2.79. The molecule has 0 aliphatic carbocycles. The minimum atomic E-state index is 0.597. The molecular formula is C19H19N7. The van der Waals surface area contributed by atoms with Gasteiger partial charge in [-0.3, -0.25) is 9.36 Å². The highest BCUT2D eigenvalue weighted by Crippen LogP contribution is 2.17. The molecule has 26 heavy (non-hydrogen) atoms. The molecule has 0 amide bonds. The van der Waals surface area contributed by atoms with E-state index in [0.29, 0.717) is 12.5 Å². The van der Waals surface area contributed by atoms with Gasteiger partial charge in [-0.05, 0) is 23.3 Å². The average molecular weight is 345 g/mol. The third kappa shape index (κ3) is 3.61. The van der Waals surface area contributed by atoms with Crippen LogP contribution < -0.4 is 5.32 Å². The Morgan fingerprint density at radius 1 is 1.00 bits per heavy atom. The number of hydrogen-bond donors (Lipinski definition) is 1. The number of benzene rings is 1. The van der Waals surface area contributed by atoms with Gasteiger partial charge in [0.05, 0.1) is 18.4 Å². The molecule has 0 aliphatic rings. The van der Waals surface area contributed by atoms with E-state index in [1.807, 2.05) is 48.4 Å². The zero-order valence-electron chi connectivity index (χ0n) is 14.4. The summed E-state index contributed by atoms with van der Waals surface area (Å²) in [6.07, 6.45) is 9.24. The van der Waals surface area contributed by atoms with Crippen LogP contribution in [0.3, 0.4) is 0 Å². The van der Waals surface area contributed by atoms with Gasteiger partial charge in [-0.25, -0.2) is 9.97 Å². The number of hydrogen-bond acceptors (Lipinski definition) is 5. The van der Waals surface area contributed by atoms with Crippen LogP contribution in [0, 0.1) is 0 Å². The topological polar surface area (TPSA) is 73.5 Å². The normalized spacial score (nSPS) is 10.8. The highest BCUT2D eigenvalue weighted by molar-refractivity contribution is 5.57. The van der Waals surface area contributed by atoms with Gasteiger partial charge in [-0.1, -0.05) is 24.3 Å². The quantitative estimate of drug-likeness (QED) is 0.582. The van der Waals surface area contributed by atoms with E-state index in [0.717, 1.165) is 17.8 Å². The molecule has 0 bridgehead atoms. The predicted octanol–water partition coefficient (Wildman–Crippen LogP) is 2.73. The lowest BCUT2D eigenvalue weighted by molar-refractivity contribution is 0.682. The second kappa shape index (κ2) is 7.18. The number of nitrogens with zero attached hydrogens (tertiary/aromatic N) is 6. The molecule has 4 rings (SSSR count). The summed E-state index contributed by atoms with van der Waals surface area (Å²) in [6.45, 7) is 1.38. The van der Waals surface area contributed by atoms with Gasteiger partial charge in [0.15, 0.2) is 0 Å². The van der Waals surface area contributed by atoms with Crippen molar-refractivity contribution in [1.29, 1.82) is 0 Å². The average Bonchev–Trinajstić information content (AvgIpc) is 3.33. The van der Waals surface area contributed by atoms with Gasteiger partial charge >= 0.3 is 0 Å². The van der Waals surface area contributed by atoms with Gasteiger partial charge in [-0.15, -0.1) is 0 Å². The van der Waals surface area contributed by atoms with Crippen LogP contribution in [0.5, 0.6) is 0 Å². The van der Waals surface area contributed by atoms with Crippen molar-refractivity contribution in [2.75, 3.05) is 5.32 Å². The molecule has 0 aliphatic heterocycles. The molecule has 1 aromatic carbocycles. The first-order valence-corrected chi connectivity index (χ1v) is 8.38. The summed E-state index contributed by atoms with van der Waals surface area (Å²) in [5.41, 5.74) is 4.22. The Hall–Kier alpha value is -3.48. The van der Waals surface area contributed by atoms with E-state index in [4.69, 9.17) is 0 Å². The summed E-state index contributed by atoms with van der Waals surface area (Å²) in [6, 6.07) is 12.1. The fraction of sp³-hybridized carbons (Fsp3) is 0.158. The first kappa shape index (κ1) is 16.0. The van der Waals surface area contributed by atoms with E-state index in [9.17, 15) is 0 Å². The third-order valence-electron chi connectivity index (χ3n) is 4.10. The van der Waals surface area contributed by atoms with Crippen molar-refractivity contribution < 1.29 is 0 Å². The van der Waals surface area contributed by atoms with Crippen LogP contribution >= 0.6 is 0 Å². The summed E-state index contributed by atoms with van der Waals surface area (Å²) in [4.78, 5) is 8.91. The van der Waals surface area contributed by atoms with Gasteiger partial charge in [0.2, 0.25) is 5.95 Å². The molecular weight excluding hydrogens is 326 g/mol. The minimum absolute atomic E-state index is 0.597. The Bertz CT molecular complexity index is 989. The monoisotopic (exact) mass is 345 g/mol. The van der Waals surface area contributed by atoms with Crippen LogP contribution in [-0.4, -0.2) is 29.5 Å². The largest absolute Gasteiger partial charge is 0.350 e. The van der Waals surface area contributed by atoms with Crippen LogP contribution in [0.2, 0.25) is 0 Å². The molecule has 0 fully saturated rings. The number of rotatable bonds is 6. The van der Waals surface area contributed by atoms with Gasteiger partial charge in [0.1, 0.15) is 0 Å². The lowest BCUT2D eigenvalue weighted by Gasteiger charge is -2.11. The van der Waals surface area contributed by atoms with Crippen LogP contribution in [0.25, 0.3) is 11.3 Å². The first-order valence-electron chi connectivity index (χ1n) is 8.38. The lowest BCUT2D eigenvalue weighted by Crippen LogP contribution is -2.08. The number of aromatic nitrogens is 6. The van der Waals surface area contributed by atoms with Crippen LogP contribution in [0.4, 0.5) is 5.95 Å². The molecule has 7 nitrogen and oxygen atoms in total. The fourth-order valence-corrected chi connectivity index (χ4v) is 2.79. The van der Waals surface area contributed by atoms with Crippen LogP contribution in [-0.2, 0) is 20.1 Å². The molecule has 3 heterocycles. The minimum Gasteiger partial charge on any atom is -0.350 e. The molecule has 0 saturated heterocycles. The molecule has 0 saturated carbocycles. The second-order valence-electron chi connectivity index (χ2n) is 5.99. The van der Waals surface area contributed by atoms with E-state index in [1.54, 1.807) is 23.3 Å². The van der Waals surface area contributed by atoms with E-state index < -0.39 is 0 Å². The molecule has 4 aromatic rings. The van der Waals surface area contributed by atoms with Gasteiger partial charge < -0.3 is 5.32 Å². The van der Waals surface area contributed by atoms with Crippen molar-refractivity contribution in [2.45, 2.75) is 13.1 Å². The molecule has 130 valence electrons. The molecule has 0 spiro atoms. The highest BCUT2D eigenvalue weighted by atomic mass is 15.3. The Kier molecular flexibility index (Phi) is 4.42. The SMILES string of the molecule is Cn1cc(-c2ccnc(NCc3ccccc3Cn3cccn3)n2)cn1. The molecule has 1 N–H and O–H groups in total. The van der Waals surface area contributed by atoms with Crippen molar-refractivity contribution in [3.8, 4) is 11.3 Å². The predicted molar refractivity (Wildman–Crippen MR) is 99.3 cm³/mol. The molecule has 3 aromatic heterocycles. The Morgan fingerprint density at radius 3 is 2.65 bits per heavy atom. The third-order valence-corrected chi connectivity index (χ3v) is 4.10. The molecule has 7 heteroatoms. The van der Waals surface area contributed by atoms with E-state index in [-0.39, 0.29) is 0 Å². The lowest BCUT2D eigenvalue weighted by atomic mass is 10.1. The summed E-state index contributed by atoms with van der Waals surface area (Å²) >= 11 is 0. The first-order chi connectivity index (χ1) is 12.8. The summed E-state index contributed by atoms with van der Waals surface area (Å²) in [5.74, 6) is 0.597. The van der Waals surface area contributed by atoms with Crippen LogP contribution in [0.15, 0.2) is 67.4 Å². The standard InChI is InChI=1S/C19H19N7/c1-25-13-17(12-23-25)18-7-9-20-19(24-18)21-11-15-5-2-3-6-16(15)14-26-10-4-8-22-26/h2-10,12-13H,11,14H2,1H3,(H,20,21,24). The summed E-state index contributed by atoms with van der Waals surface area (Å²) in [5, 5.41) is 11.8. The Morgan fingerprint density at radius 2 is 1.88 bits per heavy atom. The maximum absolute atomic E-state index is 4.58. The Balaban J connectivity index is 1.49. The molecule has 0 unspecified atom stereocenters. The van der Waals surface area contributed by atoms with Crippen molar-refractivity contribution in [3.05, 3.63) is 78.5 Å². The van der Waals surface area contributed by atoms with Gasteiger partial charge in [0.25, 0.3) is 0 Å².